The van der Waals surface area contributed by atoms with Gasteiger partial charge in [0.15, 0.2) is 17.2 Å². The molecule has 2 heterocycles. The third-order valence-electron chi connectivity index (χ3n) is 4.02. The lowest BCUT2D eigenvalue weighted by molar-refractivity contribution is -0.104. The van der Waals surface area contributed by atoms with Gasteiger partial charge in [-0.2, -0.15) is 0 Å². The highest BCUT2D eigenvalue weighted by Gasteiger charge is 2.29. The van der Waals surface area contributed by atoms with Gasteiger partial charge in [-0.1, -0.05) is 44.0 Å². The summed E-state index contributed by atoms with van der Waals surface area (Å²) in [4.78, 5) is 12.3. The van der Waals surface area contributed by atoms with Crippen molar-refractivity contribution in [1.29, 1.82) is 0 Å². The zero-order valence-electron chi connectivity index (χ0n) is 15.3. The van der Waals surface area contributed by atoms with Crippen molar-refractivity contribution in [1.82, 2.24) is 4.57 Å². The molecule has 0 radical (unpaired) electrons. The van der Waals surface area contributed by atoms with Crippen LogP contribution in [-0.2, 0) is 14.9 Å². The SMILES string of the molecule is CC(Oc1cc(-n2c(Cl)c(C(C)(C)C)oc2=O)c(F)cc1Cl)C1OCCO1. The first-order chi connectivity index (χ1) is 12.6. The Hall–Kier alpha value is -1.54. The van der Waals surface area contributed by atoms with Crippen LogP contribution in [0.3, 0.4) is 0 Å². The Labute approximate surface area is 165 Å². The van der Waals surface area contributed by atoms with Gasteiger partial charge in [-0.05, 0) is 13.0 Å². The molecule has 1 aliphatic rings. The van der Waals surface area contributed by atoms with E-state index in [1.807, 2.05) is 20.8 Å². The van der Waals surface area contributed by atoms with E-state index in [2.05, 4.69) is 0 Å². The van der Waals surface area contributed by atoms with Crippen LogP contribution < -0.4 is 10.5 Å². The minimum Gasteiger partial charge on any atom is -0.484 e. The van der Waals surface area contributed by atoms with Gasteiger partial charge in [0.2, 0.25) is 0 Å². The predicted octanol–water partition coefficient (Wildman–Crippen LogP) is 4.31. The Morgan fingerprint density at radius 2 is 1.89 bits per heavy atom. The Morgan fingerprint density at radius 1 is 1.26 bits per heavy atom. The van der Waals surface area contributed by atoms with Crippen LogP contribution >= 0.6 is 23.2 Å². The molecular formula is C18H20Cl2FNO5. The molecular weight excluding hydrogens is 400 g/mol. The van der Waals surface area contributed by atoms with Crippen LogP contribution in [0.4, 0.5) is 4.39 Å². The lowest BCUT2D eigenvalue weighted by Gasteiger charge is -2.21. The van der Waals surface area contributed by atoms with Crippen molar-refractivity contribution < 1.29 is 23.0 Å². The van der Waals surface area contributed by atoms with Gasteiger partial charge in [0.1, 0.15) is 17.7 Å². The maximum absolute atomic E-state index is 14.6. The molecule has 1 saturated heterocycles. The molecule has 6 nitrogen and oxygen atoms in total. The van der Waals surface area contributed by atoms with Crippen LogP contribution in [0, 0.1) is 5.82 Å². The molecule has 3 rings (SSSR count). The van der Waals surface area contributed by atoms with Gasteiger partial charge in [0, 0.05) is 11.5 Å². The molecule has 1 unspecified atom stereocenters. The van der Waals surface area contributed by atoms with Crippen molar-refractivity contribution in [3.8, 4) is 11.4 Å². The fraction of sp³-hybridized carbons (Fsp3) is 0.500. The molecule has 0 spiro atoms. The highest BCUT2D eigenvalue weighted by molar-refractivity contribution is 6.32. The molecule has 148 valence electrons. The maximum atomic E-state index is 14.6. The summed E-state index contributed by atoms with van der Waals surface area (Å²) in [5.41, 5.74) is -0.654. The molecule has 9 heteroatoms. The summed E-state index contributed by atoms with van der Waals surface area (Å²) in [6.45, 7) is 8.17. The number of hydrogen-bond donors (Lipinski definition) is 0. The zero-order chi connectivity index (χ0) is 19.9. The summed E-state index contributed by atoms with van der Waals surface area (Å²) in [6.07, 6.45) is -1.05. The summed E-state index contributed by atoms with van der Waals surface area (Å²) >= 11 is 12.4. The summed E-state index contributed by atoms with van der Waals surface area (Å²) in [5.74, 6) is -1.11. The lowest BCUT2D eigenvalue weighted by atomic mass is 9.94. The maximum Gasteiger partial charge on any atom is 0.425 e. The second-order valence-electron chi connectivity index (χ2n) is 7.24. The van der Waals surface area contributed by atoms with Gasteiger partial charge >= 0.3 is 5.76 Å². The minimum absolute atomic E-state index is 0.00446. The molecule has 0 aliphatic carbocycles. The summed E-state index contributed by atoms with van der Waals surface area (Å²) in [7, 11) is 0. The van der Waals surface area contributed by atoms with E-state index in [-0.39, 0.29) is 27.4 Å². The van der Waals surface area contributed by atoms with Crippen LogP contribution in [0.2, 0.25) is 10.2 Å². The second kappa shape index (κ2) is 7.47. The average molecular weight is 420 g/mol. The Morgan fingerprint density at radius 3 is 2.44 bits per heavy atom. The Balaban J connectivity index is 2.02. The highest BCUT2D eigenvalue weighted by atomic mass is 35.5. The quantitative estimate of drug-likeness (QED) is 0.738. The zero-order valence-corrected chi connectivity index (χ0v) is 16.9. The van der Waals surface area contributed by atoms with E-state index < -0.39 is 29.4 Å². The Kier molecular flexibility index (Phi) is 5.59. The van der Waals surface area contributed by atoms with Crippen LogP contribution in [-0.4, -0.2) is 30.2 Å². The third-order valence-corrected chi connectivity index (χ3v) is 4.66. The number of aromatic nitrogens is 1. The van der Waals surface area contributed by atoms with E-state index in [0.29, 0.717) is 13.2 Å². The minimum atomic E-state index is -0.799. The van der Waals surface area contributed by atoms with Crippen molar-refractivity contribution in [2.45, 2.75) is 45.5 Å². The highest BCUT2D eigenvalue weighted by Crippen LogP contribution is 2.35. The van der Waals surface area contributed by atoms with Crippen molar-refractivity contribution >= 4 is 23.2 Å². The predicted molar refractivity (Wildman–Crippen MR) is 98.8 cm³/mol. The van der Waals surface area contributed by atoms with Crippen LogP contribution in [0.15, 0.2) is 21.3 Å². The van der Waals surface area contributed by atoms with Crippen molar-refractivity contribution in [3.05, 3.63) is 44.4 Å². The molecule has 0 bridgehead atoms. The van der Waals surface area contributed by atoms with E-state index in [9.17, 15) is 9.18 Å². The average Bonchev–Trinajstić information content (AvgIpc) is 3.19. The van der Waals surface area contributed by atoms with E-state index in [1.54, 1.807) is 6.92 Å². The van der Waals surface area contributed by atoms with Crippen LogP contribution in [0.1, 0.15) is 33.5 Å². The third kappa shape index (κ3) is 4.01. The largest absolute Gasteiger partial charge is 0.484 e. The first-order valence-electron chi connectivity index (χ1n) is 8.40. The molecule has 1 atom stereocenters. The second-order valence-corrected chi connectivity index (χ2v) is 8.01. The van der Waals surface area contributed by atoms with Crippen molar-refractivity contribution in [2.24, 2.45) is 0 Å². The fourth-order valence-corrected chi connectivity index (χ4v) is 3.38. The van der Waals surface area contributed by atoms with Gasteiger partial charge < -0.3 is 18.6 Å². The molecule has 1 fully saturated rings. The van der Waals surface area contributed by atoms with Gasteiger partial charge in [-0.3, -0.25) is 0 Å². The molecule has 2 aromatic rings. The summed E-state index contributed by atoms with van der Waals surface area (Å²) < 4.78 is 37.3. The first kappa shape index (κ1) is 20.2. The molecule has 1 aromatic carbocycles. The van der Waals surface area contributed by atoms with E-state index in [0.717, 1.165) is 10.6 Å². The standard InChI is InChI=1S/C18H20Cl2FNO5/c1-9(16-24-5-6-25-16)26-13-8-12(11(21)7-10(13)19)22-15(20)14(18(2,3)4)27-17(22)23/h7-9,16H,5-6H2,1-4H3. The van der Waals surface area contributed by atoms with E-state index in [1.165, 1.54) is 6.07 Å². The first-order valence-corrected chi connectivity index (χ1v) is 9.16. The number of hydrogen-bond acceptors (Lipinski definition) is 5. The molecule has 1 aromatic heterocycles. The van der Waals surface area contributed by atoms with Gasteiger partial charge in [0.25, 0.3) is 0 Å². The lowest BCUT2D eigenvalue weighted by Crippen LogP contribution is -2.29. The molecule has 27 heavy (non-hydrogen) atoms. The molecule has 1 aliphatic heterocycles. The van der Waals surface area contributed by atoms with E-state index in [4.69, 9.17) is 41.8 Å². The van der Waals surface area contributed by atoms with Crippen molar-refractivity contribution in [3.63, 3.8) is 0 Å². The topological polar surface area (TPSA) is 62.8 Å². The smallest absolute Gasteiger partial charge is 0.425 e. The van der Waals surface area contributed by atoms with Crippen LogP contribution in [0.5, 0.6) is 5.75 Å². The summed E-state index contributed by atoms with van der Waals surface area (Å²) in [5, 5.41) is 0.0417. The normalized spacial score (nSPS) is 16.7. The number of halogens is 3. The molecule has 0 saturated carbocycles. The number of oxazole rings is 1. The fourth-order valence-electron chi connectivity index (χ4n) is 2.71. The van der Waals surface area contributed by atoms with Gasteiger partial charge in [0.05, 0.1) is 23.9 Å². The number of benzene rings is 1. The van der Waals surface area contributed by atoms with E-state index >= 15 is 0 Å². The van der Waals surface area contributed by atoms with Gasteiger partial charge in [-0.15, -0.1) is 0 Å². The summed E-state index contributed by atoms with van der Waals surface area (Å²) in [6, 6.07) is 2.36. The number of rotatable bonds is 4. The van der Waals surface area contributed by atoms with Crippen LogP contribution in [0.25, 0.3) is 5.69 Å². The van der Waals surface area contributed by atoms with Crippen molar-refractivity contribution in [2.75, 3.05) is 13.2 Å². The number of ether oxygens (including phenoxy) is 3. The molecule has 0 amide bonds. The number of nitrogens with zero attached hydrogens (tertiary/aromatic N) is 1. The monoisotopic (exact) mass is 419 g/mol. The van der Waals surface area contributed by atoms with Gasteiger partial charge in [-0.25, -0.2) is 13.8 Å². The molecule has 0 N–H and O–H groups in total. The Bertz CT molecular complexity index is 896.